The lowest BCUT2D eigenvalue weighted by Crippen LogP contribution is -2.39. The first-order valence-corrected chi connectivity index (χ1v) is 12.4. The van der Waals surface area contributed by atoms with Gasteiger partial charge in [-0.3, -0.25) is 9.59 Å². The maximum absolute atomic E-state index is 13.2. The maximum Gasteiger partial charge on any atom is 0.278 e. The molecule has 0 amide bonds. The molecule has 11 heteroatoms. The van der Waals surface area contributed by atoms with E-state index in [1.165, 1.54) is 21.6 Å². The number of aromatic nitrogens is 6. The van der Waals surface area contributed by atoms with Crippen molar-refractivity contribution < 1.29 is 0 Å². The predicted octanol–water partition coefficient (Wildman–Crippen LogP) is 2.58. The Morgan fingerprint density at radius 3 is 2.54 bits per heavy atom. The van der Waals surface area contributed by atoms with Gasteiger partial charge in [-0.05, 0) is 57.0 Å². The molecule has 5 rings (SSSR count). The maximum atomic E-state index is 13.2. The summed E-state index contributed by atoms with van der Waals surface area (Å²) in [7, 11) is 0. The third-order valence-corrected chi connectivity index (χ3v) is 6.52. The van der Waals surface area contributed by atoms with Crippen molar-refractivity contribution in [3.8, 4) is 5.82 Å². The number of nitrogens with zero attached hydrogens (tertiary/aromatic N) is 7. The van der Waals surface area contributed by atoms with Gasteiger partial charge in [-0.25, -0.2) is 19.0 Å². The number of rotatable bonds is 7. The molecular formula is C26H31N9O2. The quantitative estimate of drug-likeness (QED) is 0.370. The van der Waals surface area contributed by atoms with Crippen molar-refractivity contribution >= 4 is 28.4 Å². The molecule has 0 aliphatic carbocycles. The third-order valence-electron chi connectivity index (χ3n) is 6.52. The van der Waals surface area contributed by atoms with Crippen LogP contribution in [0, 0.1) is 0 Å². The Morgan fingerprint density at radius 1 is 1.14 bits per heavy atom. The summed E-state index contributed by atoms with van der Waals surface area (Å²) in [5.41, 5.74) is 7.89. The summed E-state index contributed by atoms with van der Waals surface area (Å²) in [4.78, 5) is 36.8. The van der Waals surface area contributed by atoms with Crippen molar-refractivity contribution in [2.75, 3.05) is 23.3 Å². The topological polar surface area (TPSA) is 129 Å². The second-order valence-corrected chi connectivity index (χ2v) is 9.48. The normalized spacial score (nSPS) is 14.4. The van der Waals surface area contributed by atoms with Crippen LogP contribution in [0.4, 0.5) is 17.3 Å². The van der Waals surface area contributed by atoms with Gasteiger partial charge in [0.25, 0.3) is 11.1 Å². The number of hydrogen-bond donors (Lipinski definition) is 2. The van der Waals surface area contributed by atoms with E-state index in [-0.39, 0.29) is 29.7 Å². The lowest BCUT2D eigenvalue weighted by Gasteiger charge is -2.32. The lowest BCUT2D eigenvalue weighted by molar-refractivity contribution is 0.486. The third kappa shape index (κ3) is 4.77. The highest BCUT2D eigenvalue weighted by molar-refractivity contribution is 5.77. The standard InChI is InChI=1S/C26H31N9O2/c1-4-13-33-25(37)21-16-28-26(29-19-5-7-20(8-6-19)32-14-11-18(27)12-15-32)30-24(21)35(33)22-9-10-23(36)34(31-22)17(2)3/h4-10,16-18H,1,11-15,27H2,2-3H3,(H,28,29,30). The van der Waals surface area contributed by atoms with Crippen molar-refractivity contribution in [3.63, 3.8) is 0 Å². The van der Waals surface area contributed by atoms with Gasteiger partial charge in [0.05, 0.1) is 12.6 Å². The van der Waals surface area contributed by atoms with Crippen LogP contribution in [0.1, 0.15) is 32.7 Å². The number of nitrogens with two attached hydrogens (primary N) is 1. The Hall–Kier alpha value is -4.25. The summed E-state index contributed by atoms with van der Waals surface area (Å²) in [6.45, 7) is 9.66. The Bertz CT molecular complexity index is 1540. The molecule has 37 heavy (non-hydrogen) atoms. The van der Waals surface area contributed by atoms with Crippen LogP contribution in [0.15, 0.2) is 64.8 Å². The highest BCUT2D eigenvalue weighted by Gasteiger charge is 2.19. The van der Waals surface area contributed by atoms with Crippen molar-refractivity contribution in [3.05, 3.63) is 76.0 Å². The molecule has 1 aliphatic rings. The number of hydrogen-bond acceptors (Lipinski definition) is 8. The number of fused-ring (bicyclic) bond motifs is 1. The Balaban J connectivity index is 1.51. The summed E-state index contributed by atoms with van der Waals surface area (Å²) in [5.74, 6) is 0.739. The van der Waals surface area contributed by atoms with Gasteiger partial charge in [0, 0.05) is 42.8 Å². The predicted molar refractivity (Wildman–Crippen MR) is 145 cm³/mol. The van der Waals surface area contributed by atoms with Crippen LogP contribution in [0.3, 0.4) is 0 Å². The molecule has 1 fully saturated rings. The van der Waals surface area contributed by atoms with E-state index in [1.807, 2.05) is 26.0 Å². The van der Waals surface area contributed by atoms with E-state index >= 15 is 0 Å². The number of anilines is 3. The summed E-state index contributed by atoms with van der Waals surface area (Å²) in [6, 6.07) is 11.2. The fourth-order valence-electron chi connectivity index (χ4n) is 4.55. The second-order valence-electron chi connectivity index (χ2n) is 9.48. The van der Waals surface area contributed by atoms with Gasteiger partial charge < -0.3 is 16.0 Å². The molecule has 192 valence electrons. The molecule has 1 aliphatic heterocycles. The molecule has 4 aromatic rings. The molecular weight excluding hydrogens is 470 g/mol. The second kappa shape index (κ2) is 10.0. The van der Waals surface area contributed by atoms with Gasteiger partial charge in [0.1, 0.15) is 5.39 Å². The summed E-state index contributed by atoms with van der Waals surface area (Å²) >= 11 is 0. The molecule has 4 heterocycles. The van der Waals surface area contributed by atoms with E-state index in [0.717, 1.165) is 37.3 Å². The van der Waals surface area contributed by atoms with Gasteiger partial charge in [-0.2, -0.15) is 4.98 Å². The number of benzene rings is 1. The van der Waals surface area contributed by atoms with Crippen LogP contribution < -0.4 is 27.1 Å². The smallest absolute Gasteiger partial charge is 0.278 e. The van der Waals surface area contributed by atoms with E-state index < -0.39 is 0 Å². The first kappa shape index (κ1) is 24.4. The van der Waals surface area contributed by atoms with E-state index in [9.17, 15) is 9.59 Å². The lowest BCUT2D eigenvalue weighted by atomic mass is 10.1. The zero-order chi connectivity index (χ0) is 26.1. The number of piperidine rings is 1. The zero-order valence-corrected chi connectivity index (χ0v) is 21.0. The van der Waals surface area contributed by atoms with Gasteiger partial charge in [0.2, 0.25) is 5.95 Å². The molecule has 1 saturated heterocycles. The molecule has 0 spiro atoms. The Morgan fingerprint density at radius 2 is 1.86 bits per heavy atom. The number of allylic oxidation sites excluding steroid dienone is 1. The summed E-state index contributed by atoms with van der Waals surface area (Å²) < 4.78 is 4.46. The van der Waals surface area contributed by atoms with Crippen LogP contribution in [-0.2, 0) is 6.54 Å². The van der Waals surface area contributed by atoms with Crippen LogP contribution >= 0.6 is 0 Å². The molecule has 1 aromatic carbocycles. The molecule has 0 unspecified atom stereocenters. The molecule has 3 N–H and O–H groups in total. The van der Waals surface area contributed by atoms with E-state index in [0.29, 0.717) is 22.8 Å². The molecule has 3 aromatic heterocycles. The first-order chi connectivity index (χ1) is 17.9. The van der Waals surface area contributed by atoms with Gasteiger partial charge in [0.15, 0.2) is 11.5 Å². The minimum atomic E-state index is -0.267. The molecule has 11 nitrogen and oxygen atoms in total. The number of nitrogens with one attached hydrogen (secondary N) is 1. The Kier molecular flexibility index (Phi) is 6.62. The fraction of sp³-hybridized carbons (Fsp3) is 0.346. The van der Waals surface area contributed by atoms with Gasteiger partial charge in [-0.1, -0.05) is 6.08 Å². The van der Waals surface area contributed by atoms with Crippen LogP contribution in [0.2, 0.25) is 0 Å². The van der Waals surface area contributed by atoms with Crippen LogP contribution in [0.25, 0.3) is 16.9 Å². The van der Waals surface area contributed by atoms with E-state index in [4.69, 9.17) is 5.73 Å². The molecule has 0 radical (unpaired) electrons. The highest BCUT2D eigenvalue weighted by Crippen LogP contribution is 2.23. The van der Waals surface area contributed by atoms with Crippen LogP contribution in [0.5, 0.6) is 0 Å². The van der Waals surface area contributed by atoms with Crippen molar-refractivity contribution in [1.29, 1.82) is 0 Å². The summed E-state index contributed by atoms with van der Waals surface area (Å²) in [5, 5.41) is 8.07. The SMILES string of the molecule is C=CCn1c(=O)c2cnc(Nc3ccc(N4CCC(N)CC4)cc3)nc2n1-c1ccc(=O)n(C(C)C)n1. The average molecular weight is 502 g/mol. The van der Waals surface area contributed by atoms with Gasteiger partial charge >= 0.3 is 0 Å². The largest absolute Gasteiger partial charge is 0.371 e. The van der Waals surface area contributed by atoms with Gasteiger partial charge in [-0.15, -0.1) is 11.7 Å². The van der Waals surface area contributed by atoms with Crippen molar-refractivity contribution in [2.24, 2.45) is 5.73 Å². The van der Waals surface area contributed by atoms with Crippen molar-refractivity contribution in [2.45, 2.75) is 45.3 Å². The fourth-order valence-corrected chi connectivity index (χ4v) is 4.55. The molecule has 0 saturated carbocycles. The first-order valence-electron chi connectivity index (χ1n) is 12.4. The Labute approximate surface area is 213 Å². The molecule has 0 atom stereocenters. The highest BCUT2D eigenvalue weighted by atomic mass is 16.1. The van der Waals surface area contributed by atoms with E-state index in [2.05, 4.69) is 44.0 Å². The minimum Gasteiger partial charge on any atom is -0.371 e. The minimum absolute atomic E-state index is 0.148. The van der Waals surface area contributed by atoms with Crippen LogP contribution in [-0.4, -0.2) is 48.2 Å². The molecule has 0 bridgehead atoms. The summed E-state index contributed by atoms with van der Waals surface area (Å²) in [6.07, 6.45) is 5.11. The van der Waals surface area contributed by atoms with Crippen molar-refractivity contribution in [1.82, 2.24) is 29.1 Å². The zero-order valence-electron chi connectivity index (χ0n) is 21.0. The monoisotopic (exact) mass is 501 g/mol. The van der Waals surface area contributed by atoms with E-state index in [1.54, 1.807) is 16.8 Å². The average Bonchev–Trinajstić information content (AvgIpc) is 3.16.